The van der Waals surface area contributed by atoms with E-state index in [4.69, 9.17) is 5.26 Å². The van der Waals surface area contributed by atoms with Crippen LogP contribution in [0, 0.1) is 11.3 Å². The highest BCUT2D eigenvalue weighted by Gasteiger charge is 2.32. The van der Waals surface area contributed by atoms with Crippen LogP contribution in [0.1, 0.15) is 12.0 Å². The van der Waals surface area contributed by atoms with Crippen molar-refractivity contribution in [2.45, 2.75) is 12.5 Å². The Bertz CT molecular complexity index is 495. The number of amides is 1. The quantitative estimate of drug-likeness (QED) is 0.902. The summed E-state index contributed by atoms with van der Waals surface area (Å²) in [5, 5.41) is 11.8. The Morgan fingerprint density at radius 3 is 2.88 bits per heavy atom. The standard InChI is InChI=1S/C12H12BrN3O/c1-15-10-4-5-16(12(10)17)11-3-2-8(7-14)6-9(11)13/h2-3,6,10,15H,4-5H2,1H3. The van der Waals surface area contributed by atoms with Crippen molar-refractivity contribution in [1.82, 2.24) is 5.32 Å². The minimum absolute atomic E-state index is 0.0814. The minimum atomic E-state index is -0.0995. The van der Waals surface area contributed by atoms with Crippen molar-refractivity contribution in [2.24, 2.45) is 0 Å². The van der Waals surface area contributed by atoms with E-state index in [9.17, 15) is 4.79 Å². The first-order chi connectivity index (χ1) is 8.17. The van der Waals surface area contributed by atoms with E-state index in [0.29, 0.717) is 12.1 Å². The van der Waals surface area contributed by atoms with Gasteiger partial charge in [-0.05, 0) is 47.6 Å². The molecule has 0 bridgehead atoms. The smallest absolute Gasteiger partial charge is 0.244 e. The first-order valence-electron chi connectivity index (χ1n) is 5.35. The van der Waals surface area contributed by atoms with Gasteiger partial charge in [-0.2, -0.15) is 5.26 Å². The molecule has 0 saturated carbocycles. The normalized spacial score (nSPS) is 19.5. The molecule has 1 unspecified atom stereocenters. The number of likely N-dealkylation sites (N-methyl/N-ethyl adjacent to an activating group) is 1. The predicted octanol–water partition coefficient (Wildman–Crippen LogP) is 1.65. The maximum Gasteiger partial charge on any atom is 0.244 e. The summed E-state index contributed by atoms with van der Waals surface area (Å²) in [7, 11) is 1.79. The number of nitriles is 1. The molecule has 4 nitrogen and oxygen atoms in total. The molecule has 1 amide bonds. The molecule has 1 aromatic carbocycles. The maximum absolute atomic E-state index is 12.0. The van der Waals surface area contributed by atoms with Crippen LogP contribution in [0.25, 0.3) is 0 Å². The molecule has 0 aliphatic carbocycles. The number of anilines is 1. The summed E-state index contributed by atoms with van der Waals surface area (Å²) in [5.41, 5.74) is 1.41. The van der Waals surface area contributed by atoms with Crippen molar-refractivity contribution in [3.05, 3.63) is 28.2 Å². The summed E-state index contributed by atoms with van der Waals surface area (Å²) in [6.07, 6.45) is 0.807. The maximum atomic E-state index is 12.0. The highest BCUT2D eigenvalue weighted by atomic mass is 79.9. The van der Waals surface area contributed by atoms with Crippen LogP contribution in [0.3, 0.4) is 0 Å². The molecule has 0 radical (unpaired) electrons. The van der Waals surface area contributed by atoms with Gasteiger partial charge in [0.25, 0.3) is 0 Å². The molecular weight excluding hydrogens is 282 g/mol. The van der Waals surface area contributed by atoms with Crippen molar-refractivity contribution in [1.29, 1.82) is 5.26 Å². The van der Waals surface area contributed by atoms with Gasteiger partial charge < -0.3 is 10.2 Å². The van der Waals surface area contributed by atoms with Gasteiger partial charge in [-0.1, -0.05) is 0 Å². The lowest BCUT2D eigenvalue weighted by molar-refractivity contribution is -0.118. The second-order valence-corrected chi connectivity index (χ2v) is 4.75. The molecule has 5 heteroatoms. The highest BCUT2D eigenvalue weighted by molar-refractivity contribution is 9.10. The van der Waals surface area contributed by atoms with E-state index in [1.54, 1.807) is 30.1 Å². The lowest BCUT2D eigenvalue weighted by Crippen LogP contribution is -2.36. The number of carbonyl (C=O) groups is 1. The molecule has 88 valence electrons. The van der Waals surface area contributed by atoms with Crippen molar-refractivity contribution >= 4 is 27.5 Å². The Kier molecular flexibility index (Phi) is 3.46. The predicted molar refractivity (Wildman–Crippen MR) is 68.7 cm³/mol. The van der Waals surface area contributed by atoms with Crippen LogP contribution in [-0.4, -0.2) is 25.5 Å². The van der Waals surface area contributed by atoms with E-state index < -0.39 is 0 Å². The average molecular weight is 294 g/mol. The number of rotatable bonds is 2. The van der Waals surface area contributed by atoms with Crippen molar-refractivity contribution < 1.29 is 4.79 Å². The molecule has 0 aromatic heterocycles. The van der Waals surface area contributed by atoms with Crippen LogP contribution < -0.4 is 10.2 Å². The van der Waals surface area contributed by atoms with Gasteiger partial charge in [-0.15, -0.1) is 0 Å². The summed E-state index contributed by atoms with van der Waals surface area (Å²) in [5.74, 6) is 0.0814. The van der Waals surface area contributed by atoms with Crippen LogP contribution in [0.15, 0.2) is 22.7 Å². The van der Waals surface area contributed by atoms with Gasteiger partial charge in [0.1, 0.15) is 0 Å². The number of benzene rings is 1. The molecule has 1 heterocycles. The molecular formula is C12H12BrN3O. The van der Waals surface area contributed by atoms with Crippen LogP contribution in [0.5, 0.6) is 0 Å². The summed E-state index contributed by atoms with van der Waals surface area (Å²) in [6, 6.07) is 7.23. The fourth-order valence-corrected chi connectivity index (χ4v) is 2.58. The molecule has 17 heavy (non-hydrogen) atoms. The number of nitrogens with one attached hydrogen (secondary N) is 1. The molecule has 1 aliphatic heterocycles. The van der Waals surface area contributed by atoms with E-state index in [0.717, 1.165) is 16.6 Å². The highest BCUT2D eigenvalue weighted by Crippen LogP contribution is 2.30. The van der Waals surface area contributed by atoms with Crippen molar-refractivity contribution in [2.75, 3.05) is 18.5 Å². The Balaban J connectivity index is 2.30. The number of nitrogens with zero attached hydrogens (tertiary/aromatic N) is 2. The fourth-order valence-electron chi connectivity index (χ4n) is 1.98. The second kappa shape index (κ2) is 4.86. The SMILES string of the molecule is CNC1CCN(c2ccc(C#N)cc2Br)C1=O. The lowest BCUT2D eigenvalue weighted by Gasteiger charge is -2.18. The van der Waals surface area contributed by atoms with Gasteiger partial charge in [-0.25, -0.2) is 0 Å². The van der Waals surface area contributed by atoms with E-state index in [-0.39, 0.29) is 11.9 Å². The van der Waals surface area contributed by atoms with Crippen LogP contribution in [0.2, 0.25) is 0 Å². The topological polar surface area (TPSA) is 56.1 Å². The Morgan fingerprint density at radius 2 is 2.35 bits per heavy atom. The van der Waals surface area contributed by atoms with Gasteiger partial charge in [0, 0.05) is 11.0 Å². The minimum Gasteiger partial charge on any atom is -0.310 e. The number of halogens is 1. The molecule has 1 atom stereocenters. The third kappa shape index (κ3) is 2.19. The third-order valence-electron chi connectivity index (χ3n) is 2.92. The second-order valence-electron chi connectivity index (χ2n) is 3.90. The fraction of sp³-hybridized carbons (Fsp3) is 0.333. The summed E-state index contributed by atoms with van der Waals surface area (Å²) in [6.45, 7) is 0.703. The van der Waals surface area contributed by atoms with Crippen LogP contribution in [0.4, 0.5) is 5.69 Å². The van der Waals surface area contributed by atoms with Gasteiger partial charge in [0.05, 0.1) is 23.4 Å². The van der Waals surface area contributed by atoms with E-state index in [1.807, 2.05) is 0 Å². The number of carbonyl (C=O) groups excluding carboxylic acids is 1. The zero-order valence-electron chi connectivity index (χ0n) is 9.40. The summed E-state index contributed by atoms with van der Waals surface area (Å²) < 4.78 is 0.779. The molecule has 1 saturated heterocycles. The van der Waals surface area contributed by atoms with Gasteiger partial charge >= 0.3 is 0 Å². The van der Waals surface area contributed by atoms with Gasteiger partial charge in [0.15, 0.2) is 0 Å². The Morgan fingerprint density at radius 1 is 1.59 bits per heavy atom. The Hall–Kier alpha value is -1.38. The van der Waals surface area contributed by atoms with Gasteiger partial charge in [0.2, 0.25) is 5.91 Å². The van der Waals surface area contributed by atoms with E-state index in [2.05, 4.69) is 27.3 Å². The van der Waals surface area contributed by atoms with Crippen molar-refractivity contribution in [3.63, 3.8) is 0 Å². The van der Waals surface area contributed by atoms with E-state index >= 15 is 0 Å². The largest absolute Gasteiger partial charge is 0.310 e. The number of hydrogen-bond acceptors (Lipinski definition) is 3. The Labute approximate surface area is 108 Å². The molecule has 2 rings (SSSR count). The third-order valence-corrected chi connectivity index (χ3v) is 3.56. The molecule has 1 fully saturated rings. The zero-order valence-corrected chi connectivity index (χ0v) is 11.0. The first-order valence-corrected chi connectivity index (χ1v) is 6.15. The summed E-state index contributed by atoms with van der Waals surface area (Å²) in [4.78, 5) is 13.8. The van der Waals surface area contributed by atoms with Gasteiger partial charge in [-0.3, -0.25) is 4.79 Å². The molecule has 0 spiro atoms. The molecule has 1 N–H and O–H groups in total. The average Bonchev–Trinajstić information content (AvgIpc) is 2.70. The number of hydrogen-bond donors (Lipinski definition) is 1. The van der Waals surface area contributed by atoms with Crippen molar-refractivity contribution in [3.8, 4) is 6.07 Å². The molecule has 1 aromatic rings. The zero-order chi connectivity index (χ0) is 12.4. The molecule has 1 aliphatic rings. The van der Waals surface area contributed by atoms with Crippen LogP contribution in [-0.2, 0) is 4.79 Å². The summed E-state index contributed by atoms with van der Waals surface area (Å²) >= 11 is 3.40. The first kappa shape index (κ1) is 12.1. The monoisotopic (exact) mass is 293 g/mol. The van der Waals surface area contributed by atoms with Crippen LogP contribution >= 0.6 is 15.9 Å². The lowest BCUT2D eigenvalue weighted by atomic mass is 10.2. The van der Waals surface area contributed by atoms with E-state index in [1.165, 1.54) is 0 Å².